The van der Waals surface area contributed by atoms with Crippen molar-refractivity contribution in [2.24, 2.45) is 5.92 Å². The molecule has 2 aliphatic rings. The van der Waals surface area contributed by atoms with E-state index in [0.717, 1.165) is 43.5 Å². The molecule has 1 aromatic heterocycles. The predicted octanol–water partition coefficient (Wildman–Crippen LogP) is 1.96. The fraction of sp³-hybridized carbons (Fsp3) is 0.714. The van der Waals surface area contributed by atoms with Crippen molar-refractivity contribution in [3.05, 3.63) is 12.3 Å². The van der Waals surface area contributed by atoms with Gasteiger partial charge in [-0.05, 0) is 44.7 Å². The topological polar surface area (TPSA) is 50.2 Å². The van der Waals surface area contributed by atoms with Gasteiger partial charge < -0.3 is 5.32 Å². The number of anilines is 1. The van der Waals surface area contributed by atoms with Gasteiger partial charge in [-0.3, -0.25) is 14.4 Å². The van der Waals surface area contributed by atoms with E-state index in [4.69, 9.17) is 0 Å². The van der Waals surface area contributed by atoms with Crippen LogP contribution < -0.4 is 5.32 Å². The molecule has 0 aromatic carbocycles. The Kier molecular flexibility index (Phi) is 4.19. The Balaban J connectivity index is 1.62. The van der Waals surface area contributed by atoms with Crippen molar-refractivity contribution < 1.29 is 13.6 Å². The van der Waals surface area contributed by atoms with Crippen molar-refractivity contribution in [1.29, 1.82) is 0 Å². The summed E-state index contributed by atoms with van der Waals surface area (Å²) >= 11 is 0. The second-order valence-corrected chi connectivity index (χ2v) is 5.83. The van der Waals surface area contributed by atoms with Gasteiger partial charge in [-0.25, -0.2) is 8.78 Å². The number of aromatic nitrogens is 2. The van der Waals surface area contributed by atoms with E-state index in [2.05, 4.69) is 15.3 Å². The molecule has 1 atom stereocenters. The van der Waals surface area contributed by atoms with E-state index in [9.17, 15) is 13.6 Å². The lowest BCUT2D eigenvalue weighted by Gasteiger charge is -2.25. The van der Waals surface area contributed by atoms with Crippen molar-refractivity contribution in [2.45, 2.75) is 44.7 Å². The van der Waals surface area contributed by atoms with Crippen LogP contribution in [0.1, 0.15) is 25.7 Å². The molecule has 0 radical (unpaired) electrons. The van der Waals surface area contributed by atoms with Gasteiger partial charge in [-0.1, -0.05) is 0 Å². The van der Waals surface area contributed by atoms with E-state index in [-0.39, 0.29) is 11.9 Å². The summed E-state index contributed by atoms with van der Waals surface area (Å²) in [5.74, 6) is 0.735. The van der Waals surface area contributed by atoms with Gasteiger partial charge in [0.25, 0.3) is 6.43 Å². The molecule has 1 saturated heterocycles. The van der Waals surface area contributed by atoms with Crippen LogP contribution in [0.5, 0.6) is 0 Å². The fourth-order valence-corrected chi connectivity index (χ4v) is 2.98. The SMILES string of the molecule is O=C(Nc1ccn(CC(F)F)n1)[C@H](C1CC1)N1CCCC1. The molecule has 0 unspecified atom stereocenters. The Bertz CT molecular complexity index is 495. The first-order chi connectivity index (χ1) is 10.1. The molecule has 21 heavy (non-hydrogen) atoms. The summed E-state index contributed by atoms with van der Waals surface area (Å²) in [6.45, 7) is 1.48. The number of nitrogens with one attached hydrogen (secondary N) is 1. The maximum atomic E-state index is 12.5. The minimum atomic E-state index is -2.45. The summed E-state index contributed by atoms with van der Waals surface area (Å²) < 4.78 is 25.7. The van der Waals surface area contributed by atoms with Gasteiger partial charge >= 0.3 is 0 Å². The molecule has 0 spiro atoms. The average Bonchev–Trinajstić information content (AvgIpc) is 2.92. The number of hydrogen-bond acceptors (Lipinski definition) is 3. The van der Waals surface area contributed by atoms with E-state index >= 15 is 0 Å². The Morgan fingerprint density at radius 1 is 1.38 bits per heavy atom. The van der Waals surface area contributed by atoms with Gasteiger partial charge in [0.05, 0.1) is 6.04 Å². The quantitative estimate of drug-likeness (QED) is 0.873. The first-order valence-electron chi connectivity index (χ1n) is 7.50. The van der Waals surface area contributed by atoms with Gasteiger partial charge in [0.15, 0.2) is 5.82 Å². The van der Waals surface area contributed by atoms with Gasteiger partial charge in [-0.2, -0.15) is 5.10 Å². The second-order valence-electron chi connectivity index (χ2n) is 5.83. The zero-order valence-electron chi connectivity index (χ0n) is 11.8. The number of alkyl halides is 2. The largest absolute Gasteiger partial charge is 0.308 e. The molecule has 3 rings (SSSR count). The molecule has 1 N–H and O–H groups in total. The highest BCUT2D eigenvalue weighted by Crippen LogP contribution is 2.37. The third kappa shape index (κ3) is 3.58. The number of hydrogen-bond donors (Lipinski definition) is 1. The molecule has 116 valence electrons. The molecule has 1 aromatic rings. The summed E-state index contributed by atoms with van der Waals surface area (Å²) in [5, 5.41) is 6.74. The molecular weight excluding hydrogens is 278 g/mol. The summed E-state index contributed by atoms with van der Waals surface area (Å²) in [5.41, 5.74) is 0. The molecule has 5 nitrogen and oxygen atoms in total. The van der Waals surface area contributed by atoms with E-state index in [1.807, 2.05) is 0 Å². The van der Waals surface area contributed by atoms with Crippen LogP contribution in [0.4, 0.5) is 14.6 Å². The maximum Gasteiger partial charge on any atom is 0.257 e. The molecule has 1 saturated carbocycles. The first kappa shape index (κ1) is 14.4. The highest BCUT2D eigenvalue weighted by Gasteiger charge is 2.41. The zero-order chi connectivity index (χ0) is 14.8. The molecular formula is C14H20F2N4O. The number of likely N-dealkylation sites (tertiary alicyclic amines) is 1. The smallest absolute Gasteiger partial charge is 0.257 e. The van der Waals surface area contributed by atoms with Crippen molar-refractivity contribution in [1.82, 2.24) is 14.7 Å². The number of nitrogens with zero attached hydrogens (tertiary/aromatic N) is 3. The Hall–Kier alpha value is -1.50. The Labute approximate surface area is 122 Å². The Morgan fingerprint density at radius 3 is 2.71 bits per heavy atom. The van der Waals surface area contributed by atoms with Gasteiger partial charge in [0.1, 0.15) is 6.54 Å². The van der Waals surface area contributed by atoms with Crippen molar-refractivity contribution >= 4 is 11.7 Å². The highest BCUT2D eigenvalue weighted by molar-refractivity contribution is 5.94. The predicted molar refractivity (Wildman–Crippen MR) is 74.2 cm³/mol. The second kappa shape index (κ2) is 6.09. The number of carbonyl (C=O) groups excluding carboxylic acids is 1. The Morgan fingerprint density at radius 2 is 2.10 bits per heavy atom. The molecule has 2 fully saturated rings. The molecule has 1 aliphatic carbocycles. The van der Waals surface area contributed by atoms with Crippen LogP contribution in [0.25, 0.3) is 0 Å². The van der Waals surface area contributed by atoms with Crippen LogP contribution in [0.2, 0.25) is 0 Å². The lowest BCUT2D eigenvalue weighted by atomic mass is 10.1. The number of carbonyl (C=O) groups is 1. The van der Waals surface area contributed by atoms with Crippen molar-refractivity contribution in [2.75, 3.05) is 18.4 Å². The van der Waals surface area contributed by atoms with Gasteiger partial charge in [-0.15, -0.1) is 0 Å². The van der Waals surface area contributed by atoms with Crippen LogP contribution in [-0.2, 0) is 11.3 Å². The van der Waals surface area contributed by atoms with E-state index in [1.54, 1.807) is 6.07 Å². The van der Waals surface area contributed by atoms with E-state index < -0.39 is 13.0 Å². The number of halogens is 2. The van der Waals surface area contributed by atoms with Crippen LogP contribution in [-0.4, -0.2) is 46.1 Å². The van der Waals surface area contributed by atoms with Crippen molar-refractivity contribution in [3.8, 4) is 0 Å². The molecule has 2 heterocycles. The van der Waals surface area contributed by atoms with Crippen LogP contribution in [0, 0.1) is 5.92 Å². The van der Waals surface area contributed by atoms with E-state index in [1.165, 1.54) is 6.20 Å². The van der Waals surface area contributed by atoms with Gasteiger partial charge in [0.2, 0.25) is 5.91 Å². The molecule has 1 aliphatic heterocycles. The minimum absolute atomic E-state index is 0.0540. The van der Waals surface area contributed by atoms with Crippen LogP contribution in [0.3, 0.4) is 0 Å². The summed E-state index contributed by atoms with van der Waals surface area (Å²) in [6.07, 6.45) is 3.48. The third-order valence-electron chi connectivity index (χ3n) is 4.09. The number of amides is 1. The highest BCUT2D eigenvalue weighted by atomic mass is 19.3. The average molecular weight is 298 g/mol. The zero-order valence-corrected chi connectivity index (χ0v) is 11.8. The normalized spacial score (nSPS) is 20.9. The molecule has 0 bridgehead atoms. The van der Waals surface area contributed by atoms with Crippen molar-refractivity contribution in [3.63, 3.8) is 0 Å². The fourth-order valence-electron chi connectivity index (χ4n) is 2.98. The molecule has 7 heteroatoms. The summed E-state index contributed by atoms with van der Waals surface area (Å²) in [6, 6.07) is 1.47. The first-order valence-corrected chi connectivity index (χ1v) is 7.50. The molecule has 1 amide bonds. The van der Waals surface area contributed by atoms with Crippen LogP contribution >= 0.6 is 0 Å². The van der Waals surface area contributed by atoms with Crippen LogP contribution in [0.15, 0.2) is 12.3 Å². The lowest BCUT2D eigenvalue weighted by molar-refractivity contribution is -0.121. The maximum absolute atomic E-state index is 12.5. The minimum Gasteiger partial charge on any atom is -0.308 e. The number of rotatable bonds is 6. The standard InChI is InChI=1S/C14H20F2N4O/c15-11(16)9-20-8-5-12(18-20)17-14(21)13(10-3-4-10)19-6-1-2-7-19/h5,8,10-11,13H,1-4,6-7,9H2,(H,17,18,21)/t13-/m0/s1. The summed E-state index contributed by atoms with van der Waals surface area (Å²) in [7, 11) is 0. The lowest BCUT2D eigenvalue weighted by Crippen LogP contribution is -2.44. The monoisotopic (exact) mass is 298 g/mol. The summed E-state index contributed by atoms with van der Waals surface area (Å²) in [4.78, 5) is 14.7. The van der Waals surface area contributed by atoms with Gasteiger partial charge in [0, 0.05) is 12.3 Å². The third-order valence-corrected chi connectivity index (χ3v) is 4.09. The van der Waals surface area contributed by atoms with E-state index in [0.29, 0.717) is 11.7 Å².